The maximum atomic E-state index is 12.3. The van der Waals surface area contributed by atoms with Crippen LogP contribution in [0.2, 0.25) is 0 Å². The van der Waals surface area contributed by atoms with Crippen LogP contribution in [0, 0.1) is 0 Å². The van der Waals surface area contributed by atoms with Gasteiger partial charge in [0.15, 0.2) is 0 Å². The molecule has 0 spiro atoms. The lowest BCUT2D eigenvalue weighted by Crippen LogP contribution is -2.25. The SMILES string of the molecule is CCN(CC)c1ccc(CNS(=O)(=O)Cc2ccc(C(=O)OC)cc2)cc1. The summed E-state index contributed by atoms with van der Waals surface area (Å²) in [6.45, 7) is 6.29. The Balaban J connectivity index is 1.95. The molecule has 0 bridgehead atoms. The molecule has 27 heavy (non-hydrogen) atoms. The number of methoxy groups -OCH3 is 1. The molecule has 2 aromatic rings. The van der Waals surface area contributed by atoms with Gasteiger partial charge < -0.3 is 9.64 Å². The van der Waals surface area contributed by atoms with Gasteiger partial charge in [-0.3, -0.25) is 0 Å². The van der Waals surface area contributed by atoms with E-state index < -0.39 is 16.0 Å². The van der Waals surface area contributed by atoms with Crippen molar-refractivity contribution in [3.05, 3.63) is 65.2 Å². The molecule has 2 rings (SSSR count). The van der Waals surface area contributed by atoms with Gasteiger partial charge in [0, 0.05) is 25.3 Å². The average molecular weight is 391 g/mol. The van der Waals surface area contributed by atoms with Crippen molar-refractivity contribution in [3.8, 4) is 0 Å². The average Bonchev–Trinajstić information content (AvgIpc) is 2.68. The lowest BCUT2D eigenvalue weighted by molar-refractivity contribution is 0.0600. The van der Waals surface area contributed by atoms with Gasteiger partial charge >= 0.3 is 5.97 Å². The summed E-state index contributed by atoms with van der Waals surface area (Å²) in [5.41, 5.74) is 3.01. The zero-order valence-electron chi connectivity index (χ0n) is 15.9. The molecule has 0 radical (unpaired) electrons. The van der Waals surface area contributed by atoms with Crippen LogP contribution in [-0.4, -0.2) is 34.6 Å². The molecule has 1 N–H and O–H groups in total. The number of benzene rings is 2. The molecule has 0 aromatic heterocycles. The largest absolute Gasteiger partial charge is 0.465 e. The van der Waals surface area contributed by atoms with E-state index in [0.717, 1.165) is 24.3 Å². The number of nitrogens with zero attached hydrogens (tertiary/aromatic N) is 1. The lowest BCUT2D eigenvalue weighted by Gasteiger charge is -2.21. The quantitative estimate of drug-likeness (QED) is 0.666. The minimum atomic E-state index is -3.48. The Morgan fingerprint density at radius 1 is 0.963 bits per heavy atom. The number of nitrogens with one attached hydrogen (secondary N) is 1. The molecule has 0 unspecified atom stereocenters. The predicted molar refractivity (Wildman–Crippen MR) is 107 cm³/mol. The Labute approximate surface area is 161 Å². The van der Waals surface area contributed by atoms with Gasteiger partial charge in [-0.25, -0.2) is 17.9 Å². The van der Waals surface area contributed by atoms with E-state index in [0.29, 0.717) is 11.1 Å². The van der Waals surface area contributed by atoms with Crippen LogP contribution >= 0.6 is 0 Å². The summed E-state index contributed by atoms with van der Waals surface area (Å²) < 4.78 is 31.9. The number of ether oxygens (including phenoxy) is 1. The molecule has 7 heteroatoms. The van der Waals surface area contributed by atoms with Crippen molar-refractivity contribution in [2.75, 3.05) is 25.1 Å². The zero-order chi connectivity index (χ0) is 19.9. The van der Waals surface area contributed by atoms with E-state index in [9.17, 15) is 13.2 Å². The summed E-state index contributed by atoms with van der Waals surface area (Å²) in [4.78, 5) is 13.6. The fraction of sp³-hybridized carbons (Fsp3) is 0.350. The molecule has 6 nitrogen and oxygen atoms in total. The number of sulfonamides is 1. The molecule has 0 saturated carbocycles. The first-order valence-corrected chi connectivity index (χ1v) is 10.5. The molecule has 0 saturated heterocycles. The Kier molecular flexibility index (Phi) is 7.38. The third-order valence-electron chi connectivity index (χ3n) is 4.29. The number of esters is 1. The normalized spacial score (nSPS) is 11.2. The van der Waals surface area contributed by atoms with Crippen molar-refractivity contribution in [1.82, 2.24) is 4.72 Å². The fourth-order valence-corrected chi connectivity index (χ4v) is 3.85. The summed E-state index contributed by atoms with van der Waals surface area (Å²) in [7, 11) is -2.18. The van der Waals surface area contributed by atoms with Crippen LogP contribution in [-0.2, 0) is 27.1 Å². The van der Waals surface area contributed by atoms with Crippen LogP contribution < -0.4 is 9.62 Å². The van der Waals surface area contributed by atoms with Crippen molar-refractivity contribution < 1.29 is 17.9 Å². The standard InChI is InChI=1S/C20H26N2O4S/c1-4-22(5-2)19-12-8-16(9-13-19)14-21-27(24,25)15-17-6-10-18(11-7-17)20(23)26-3/h6-13,21H,4-5,14-15H2,1-3H3. The highest BCUT2D eigenvalue weighted by molar-refractivity contribution is 7.88. The van der Waals surface area contributed by atoms with E-state index in [-0.39, 0.29) is 12.3 Å². The second kappa shape index (κ2) is 9.53. The molecule has 0 aliphatic carbocycles. The summed E-state index contributed by atoms with van der Waals surface area (Å²) in [6.07, 6.45) is 0. The smallest absolute Gasteiger partial charge is 0.337 e. The van der Waals surface area contributed by atoms with Gasteiger partial charge in [0.25, 0.3) is 0 Å². The van der Waals surface area contributed by atoms with Gasteiger partial charge in [-0.2, -0.15) is 0 Å². The van der Waals surface area contributed by atoms with Gasteiger partial charge in [0.2, 0.25) is 10.0 Å². The summed E-state index contributed by atoms with van der Waals surface area (Å²) in [5, 5.41) is 0. The first-order chi connectivity index (χ1) is 12.9. The van der Waals surface area contributed by atoms with Crippen LogP contribution in [0.5, 0.6) is 0 Å². The molecule has 0 aliphatic heterocycles. The van der Waals surface area contributed by atoms with E-state index in [1.807, 2.05) is 24.3 Å². The molecular formula is C20H26N2O4S. The molecule has 2 aromatic carbocycles. The van der Waals surface area contributed by atoms with E-state index in [1.54, 1.807) is 24.3 Å². The van der Waals surface area contributed by atoms with E-state index in [4.69, 9.17) is 0 Å². The first-order valence-electron chi connectivity index (χ1n) is 8.87. The summed E-state index contributed by atoms with van der Waals surface area (Å²) in [5.74, 6) is -0.595. The van der Waals surface area contributed by atoms with E-state index >= 15 is 0 Å². The Morgan fingerprint density at radius 2 is 1.52 bits per heavy atom. The highest BCUT2D eigenvalue weighted by atomic mass is 32.2. The van der Waals surface area contributed by atoms with Gasteiger partial charge in [0.05, 0.1) is 18.4 Å². The maximum absolute atomic E-state index is 12.3. The minimum Gasteiger partial charge on any atom is -0.465 e. The van der Waals surface area contributed by atoms with Gasteiger partial charge in [-0.15, -0.1) is 0 Å². The maximum Gasteiger partial charge on any atom is 0.337 e. The van der Waals surface area contributed by atoms with Crippen molar-refractivity contribution >= 4 is 21.7 Å². The Morgan fingerprint density at radius 3 is 2.04 bits per heavy atom. The van der Waals surface area contributed by atoms with Gasteiger partial charge in [-0.1, -0.05) is 24.3 Å². The second-order valence-corrected chi connectivity index (χ2v) is 7.91. The monoisotopic (exact) mass is 390 g/mol. The number of hydrogen-bond donors (Lipinski definition) is 1. The summed E-state index contributed by atoms with van der Waals surface area (Å²) in [6, 6.07) is 14.2. The molecule has 0 aliphatic rings. The number of carbonyl (C=O) groups is 1. The third-order valence-corrected chi connectivity index (χ3v) is 5.59. The van der Waals surface area contributed by atoms with Crippen LogP contribution in [0.15, 0.2) is 48.5 Å². The molecular weight excluding hydrogens is 364 g/mol. The third kappa shape index (κ3) is 6.08. The number of rotatable bonds is 9. The summed E-state index contributed by atoms with van der Waals surface area (Å²) >= 11 is 0. The number of anilines is 1. The van der Waals surface area contributed by atoms with Crippen LogP contribution in [0.1, 0.15) is 35.3 Å². The van der Waals surface area contributed by atoms with Crippen LogP contribution in [0.3, 0.4) is 0 Å². The zero-order valence-corrected chi connectivity index (χ0v) is 16.8. The molecule has 0 fully saturated rings. The van der Waals surface area contributed by atoms with Crippen molar-refractivity contribution in [2.24, 2.45) is 0 Å². The van der Waals surface area contributed by atoms with Gasteiger partial charge in [0.1, 0.15) is 0 Å². The fourth-order valence-electron chi connectivity index (χ4n) is 2.73. The number of carbonyl (C=O) groups excluding carboxylic acids is 1. The Hall–Kier alpha value is -2.38. The topological polar surface area (TPSA) is 75.7 Å². The molecule has 0 atom stereocenters. The first kappa shape index (κ1) is 20.9. The molecule has 0 amide bonds. The lowest BCUT2D eigenvalue weighted by atomic mass is 10.1. The predicted octanol–water partition coefficient (Wildman–Crippen LogP) is 2.94. The Bertz CT molecular complexity index is 843. The molecule has 0 heterocycles. The van der Waals surface area contributed by atoms with E-state index in [2.05, 4.69) is 28.2 Å². The van der Waals surface area contributed by atoms with Crippen LogP contribution in [0.4, 0.5) is 5.69 Å². The highest BCUT2D eigenvalue weighted by Crippen LogP contribution is 2.15. The van der Waals surface area contributed by atoms with E-state index in [1.165, 1.54) is 7.11 Å². The van der Waals surface area contributed by atoms with Crippen molar-refractivity contribution in [3.63, 3.8) is 0 Å². The number of hydrogen-bond acceptors (Lipinski definition) is 5. The molecule has 146 valence electrons. The van der Waals surface area contributed by atoms with Crippen molar-refractivity contribution in [2.45, 2.75) is 26.1 Å². The second-order valence-electron chi connectivity index (χ2n) is 6.11. The van der Waals surface area contributed by atoms with Crippen molar-refractivity contribution in [1.29, 1.82) is 0 Å². The highest BCUT2D eigenvalue weighted by Gasteiger charge is 2.13. The van der Waals surface area contributed by atoms with Gasteiger partial charge in [-0.05, 0) is 49.2 Å². The minimum absolute atomic E-state index is 0.147. The van der Waals surface area contributed by atoms with Crippen LogP contribution in [0.25, 0.3) is 0 Å².